The van der Waals surface area contributed by atoms with E-state index in [1.54, 1.807) is 18.5 Å². The number of hydrogen-bond donors (Lipinski definition) is 1. The number of rotatable bonds is 6. The third kappa shape index (κ3) is 5.02. The summed E-state index contributed by atoms with van der Waals surface area (Å²) in [7, 11) is 0. The Bertz CT molecular complexity index is 818. The molecule has 6 nitrogen and oxygen atoms in total. The maximum Gasteiger partial charge on any atom is 0.416 e. The summed E-state index contributed by atoms with van der Waals surface area (Å²) in [5.74, 6) is 1.62. The van der Waals surface area contributed by atoms with Gasteiger partial charge >= 0.3 is 6.18 Å². The molecule has 2 saturated heterocycles. The number of ether oxygens (including phenoxy) is 1. The Labute approximate surface area is 174 Å². The average Bonchev–Trinajstić information content (AvgIpc) is 3.30. The first kappa shape index (κ1) is 20.9. The van der Waals surface area contributed by atoms with Crippen molar-refractivity contribution in [1.82, 2.24) is 14.9 Å². The minimum Gasteiger partial charge on any atom is -0.379 e. The predicted molar refractivity (Wildman–Crippen MR) is 109 cm³/mol. The molecule has 1 unspecified atom stereocenters. The SMILES string of the molecule is FC(F)(F)c1ccc(C(CNc2cc(N3CCCC3)ncn2)N2CCOCC2)cc1. The number of hydrogen-bond acceptors (Lipinski definition) is 6. The summed E-state index contributed by atoms with van der Waals surface area (Å²) < 4.78 is 44.3. The van der Waals surface area contributed by atoms with Crippen LogP contribution in [-0.2, 0) is 10.9 Å². The van der Waals surface area contributed by atoms with Crippen LogP contribution in [0.4, 0.5) is 24.8 Å². The minimum atomic E-state index is -4.34. The zero-order valence-corrected chi connectivity index (χ0v) is 16.7. The van der Waals surface area contributed by atoms with Crippen molar-refractivity contribution in [3.05, 3.63) is 47.8 Å². The number of aromatic nitrogens is 2. The van der Waals surface area contributed by atoms with Crippen molar-refractivity contribution in [1.29, 1.82) is 0 Å². The van der Waals surface area contributed by atoms with Crippen LogP contribution in [0.2, 0.25) is 0 Å². The number of halogens is 3. The molecule has 162 valence electrons. The van der Waals surface area contributed by atoms with E-state index in [1.165, 1.54) is 12.8 Å². The Kier molecular flexibility index (Phi) is 6.38. The second kappa shape index (κ2) is 9.18. The Morgan fingerprint density at radius 1 is 1.00 bits per heavy atom. The molecule has 1 N–H and O–H groups in total. The summed E-state index contributed by atoms with van der Waals surface area (Å²) in [6.45, 7) is 5.22. The summed E-state index contributed by atoms with van der Waals surface area (Å²) in [6, 6.07) is 7.30. The van der Waals surface area contributed by atoms with E-state index in [9.17, 15) is 13.2 Å². The largest absolute Gasteiger partial charge is 0.416 e. The summed E-state index contributed by atoms with van der Waals surface area (Å²) in [6.07, 6.45) is -0.449. The molecule has 2 aliphatic rings. The van der Waals surface area contributed by atoms with E-state index in [1.807, 2.05) is 6.07 Å². The highest BCUT2D eigenvalue weighted by Gasteiger charge is 2.31. The van der Waals surface area contributed by atoms with Crippen molar-refractivity contribution < 1.29 is 17.9 Å². The highest BCUT2D eigenvalue weighted by molar-refractivity contribution is 5.49. The maximum absolute atomic E-state index is 13.0. The highest BCUT2D eigenvalue weighted by Crippen LogP contribution is 2.31. The van der Waals surface area contributed by atoms with Crippen molar-refractivity contribution in [3.8, 4) is 0 Å². The second-order valence-electron chi connectivity index (χ2n) is 7.62. The fourth-order valence-corrected chi connectivity index (χ4v) is 4.01. The number of anilines is 2. The van der Waals surface area contributed by atoms with Gasteiger partial charge in [-0.25, -0.2) is 9.97 Å². The third-order valence-corrected chi connectivity index (χ3v) is 5.67. The Balaban J connectivity index is 1.50. The number of nitrogens with zero attached hydrogens (tertiary/aromatic N) is 4. The second-order valence-corrected chi connectivity index (χ2v) is 7.62. The molecule has 0 aliphatic carbocycles. The standard InChI is InChI=1S/C21H26F3N5O/c22-21(23,24)17-5-3-16(4-6-17)18(28-9-11-30-12-10-28)14-25-19-13-20(27-15-26-19)29-7-1-2-8-29/h3-6,13,15,18H,1-2,7-12,14H2,(H,25,26,27). The monoisotopic (exact) mass is 421 g/mol. The van der Waals surface area contributed by atoms with Gasteiger partial charge in [-0.15, -0.1) is 0 Å². The summed E-state index contributed by atoms with van der Waals surface area (Å²) in [5.41, 5.74) is 0.206. The van der Waals surface area contributed by atoms with Gasteiger partial charge in [0.05, 0.1) is 24.8 Å². The molecular formula is C21H26F3N5O. The lowest BCUT2D eigenvalue weighted by Crippen LogP contribution is -2.41. The highest BCUT2D eigenvalue weighted by atomic mass is 19.4. The van der Waals surface area contributed by atoms with Crippen molar-refractivity contribution in [2.24, 2.45) is 0 Å². The van der Waals surface area contributed by atoms with E-state index in [-0.39, 0.29) is 6.04 Å². The fourth-order valence-electron chi connectivity index (χ4n) is 4.01. The molecule has 1 aromatic carbocycles. The van der Waals surface area contributed by atoms with Crippen LogP contribution in [0.15, 0.2) is 36.7 Å². The molecule has 0 saturated carbocycles. The first-order chi connectivity index (χ1) is 14.5. The van der Waals surface area contributed by atoms with Crippen molar-refractivity contribution >= 4 is 11.6 Å². The minimum absolute atomic E-state index is 0.0821. The van der Waals surface area contributed by atoms with Gasteiger partial charge in [-0.1, -0.05) is 12.1 Å². The van der Waals surface area contributed by atoms with E-state index in [0.29, 0.717) is 19.8 Å². The fraction of sp³-hybridized carbons (Fsp3) is 0.524. The van der Waals surface area contributed by atoms with Gasteiger partial charge in [0, 0.05) is 38.8 Å². The van der Waals surface area contributed by atoms with Gasteiger partial charge in [0.2, 0.25) is 0 Å². The molecule has 9 heteroatoms. The van der Waals surface area contributed by atoms with Crippen LogP contribution in [0.1, 0.15) is 30.0 Å². The lowest BCUT2D eigenvalue weighted by atomic mass is 10.0. The lowest BCUT2D eigenvalue weighted by Gasteiger charge is -2.35. The number of nitrogens with one attached hydrogen (secondary N) is 1. The van der Waals surface area contributed by atoms with Crippen molar-refractivity contribution in [2.45, 2.75) is 25.1 Å². The van der Waals surface area contributed by atoms with Gasteiger partial charge in [0.25, 0.3) is 0 Å². The summed E-state index contributed by atoms with van der Waals surface area (Å²) in [5, 5.41) is 3.37. The van der Waals surface area contributed by atoms with E-state index in [0.717, 1.165) is 55.5 Å². The quantitative estimate of drug-likeness (QED) is 0.770. The smallest absolute Gasteiger partial charge is 0.379 e. The number of morpholine rings is 1. The molecule has 0 spiro atoms. The van der Waals surface area contributed by atoms with Gasteiger partial charge in [-0.05, 0) is 30.5 Å². The van der Waals surface area contributed by atoms with Gasteiger partial charge in [-0.2, -0.15) is 13.2 Å². The maximum atomic E-state index is 13.0. The zero-order chi connectivity index (χ0) is 21.0. The van der Waals surface area contributed by atoms with Crippen LogP contribution in [0, 0.1) is 0 Å². The predicted octanol–water partition coefficient (Wildman–Crippen LogP) is 3.58. The molecule has 2 fully saturated rings. The van der Waals surface area contributed by atoms with Crippen LogP contribution in [-0.4, -0.2) is 60.8 Å². The summed E-state index contributed by atoms with van der Waals surface area (Å²) in [4.78, 5) is 13.2. The molecule has 3 heterocycles. The molecule has 0 bridgehead atoms. The molecule has 0 radical (unpaired) electrons. The first-order valence-corrected chi connectivity index (χ1v) is 10.3. The normalized spacial score (nSPS) is 19.1. The Morgan fingerprint density at radius 2 is 1.70 bits per heavy atom. The molecule has 4 rings (SSSR count). The van der Waals surface area contributed by atoms with Crippen LogP contribution in [0.5, 0.6) is 0 Å². The van der Waals surface area contributed by atoms with Gasteiger partial charge in [0.1, 0.15) is 18.0 Å². The molecule has 1 aromatic heterocycles. The Morgan fingerprint density at radius 3 is 2.37 bits per heavy atom. The van der Waals surface area contributed by atoms with Crippen molar-refractivity contribution in [3.63, 3.8) is 0 Å². The van der Waals surface area contributed by atoms with Crippen LogP contribution >= 0.6 is 0 Å². The van der Waals surface area contributed by atoms with Crippen molar-refractivity contribution in [2.75, 3.05) is 56.2 Å². The van der Waals surface area contributed by atoms with E-state index < -0.39 is 11.7 Å². The van der Waals surface area contributed by atoms with E-state index >= 15 is 0 Å². The number of alkyl halides is 3. The molecule has 1 atom stereocenters. The molecule has 2 aromatic rings. The van der Waals surface area contributed by atoms with Crippen LogP contribution < -0.4 is 10.2 Å². The van der Waals surface area contributed by atoms with E-state index in [2.05, 4.69) is 25.1 Å². The van der Waals surface area contributed by atoms with Gasteiger partial charge in [-0.3, -0.25) is 4.90 Å². The van der Waals surface area contributed by atoms with E-state index in [4.69, 9.17) is 4.74 Å². The summed E-state index contributed by atoms with van der Waals surface area (Å²) >= 11 is 0. The topological polar surface area (TPSA) is 53.5 Å². The Hall–Kier alpha value is -2.39. The average molecular weight is 421 g/mol. The van der Waals surface area contributed by atoms with Crippen LogP contribution in [0.3, 0.4) is 0 Å². The van der Waals surface area contributed by atoms with Crippen LogP contribution in [0.25, 0.3) is 0 Å². The first-order valence-electron chi connectivity index (χ1n) is 10.3. The van der Waals surface area contributed by atoms with Gasteiger partial charge in [0.15, 0.2) is 0 Å². The third-order valence-electron chi connectivity index (χ3n) is 5.67. The lowest BCUT2D eigenvalue weighted by molar-refractivity contribution is -0.137. The molecule has 0 amide bonds. The zero-order valence-electron chi connectivity index (χ0n) is 16.7. The molecule has 30 heavy (non-hydrogen) atoms. The number of benzene rings is 1. The molecule has 2 aliphatic heterocycles. The molecular weight excluding hydrogens is 395 g/mol. The van der Waals surface area contributed by atoms with Gasteiger partial charge < -0.3 is 15.0 Å².